The van der Waals surface area contributed by atoms with Gasteiger partial charge in [0.2, 0.25) is 5.82 Å². The second-order valence-corrected chi connectivity index (χ2v) is 4.77. The Balaban J connectivity index is 2.85. The molecule has 1 rings (SSSR count). The van der Waals surface area contributed by atoms with Gasteiger partial charge in [-0.05, 0) is 13.0 Å². The molecule has 2 atom stereocenters. The topological polar surface area (TPSA) is 102 Å². The molecule has 0 saturated heterocycles. The van der Waals surface area contributed by atoms with E-state index in [2.05, 4.69) is 4.98 Å². The van der Waals surface area contributed by atoms with E-state index < -0.39 is 11.0 Å². The van der Waals surface area contributed by atoms with E-state index >= 15 is 0 Å². The van der Waals surface area contributed by atoms with E-state index in [9.17, 15) is 15.2 Å². The fraction of sp³-hybridized carbons (Fsp3) is 0.444. The average molecular weight is 243 g/mol. The lowest BCUT2D eigenvalue weighted by Crippen LogP contribution is -2.15. The quantitative estimate of drug-likeness (QED) is 0.471. The lowest BCUT2D eigenvalue weighted by Gasteiger charge is -2.13. The highest BCUT2D eigenvalue weighted by Gasteiger charge is 2.16. The molecular formula is C9H13N3O3S. The fourth-order valence-corrected chi connectivity index (χ4v) is 1.83. The molecule has 0 amide bonds. The number of nitrogens with zero attached hydrogens (tertiary/aromatic N) is 2. The Morgan fingerprint density at radius 1 is 1.56 bits per heavy atom. The molecule has 0 aliphatic heterocycles. The first-order chi connectivity index (χ1) is 7.41. The summed E-state index contributed by atoms with van der Waals surface area (Å²) in [5.41, 5.74) is 5.25. The van der Waals surface area contributed by atoms with Crippen LogP contribution in [0.5, 0.6) is 0 Å². The van der Waals surface area contributed by atoms with Gasteiger partial charge < -0.3 is 10.8 Å². The van der Waals surface area contributed by atoms with Crippen molar-refractivity contribution in [2.75, 3.05) is 5.73 Å². The van der Waals surface area contributed by atoms with Gasteiger partial charge in [-0.3, -0.25) is 10.1 Å². The number of hydrogen-bond acceptors (Lipinski definition) is 6. The molecule has 6 nitrogen and oxygen atoms in total. The summed E-state index contributed by atoms with van der Waals surface area (Å²) >= 11 is 1.32. The Labute approximate surface area is 97.0 Å². The number of aromatic nitrogens is 1. The Bertz CT molecular complexity index is 398. The minimum atomic E-state index is -0.575. The number of anilines is 1. The minimum Gasteiger partial charge on any atom is -0.392 e. The standard InChI is InChI=1S/C9H13N3O3S/c1-5(13)6(2)16-8-4-3-7(12(14)15)9(10)11-8/h3-6,13H,1-2H3,(H2,10,11). The van der Waals surface area contributed by atoms with Crippen LogP contribution in [0.2, 0.25) is 0 Å². The third kappa shape index (κ3) is 3.07. The van der Waals surface area contributed by atoms with E-state index in [1.807, 2.05) is 6.92 Å². The molecular weight excluding hydrogens is 230 g/mol. The van der Waals surface area contributed by atoms with Gasteiger partial charge in [0, 0.05) is 11.3 Å². The monoisotopic (exact) mass is 243 g/mol. The van der Waals surface area contributed by atoms with Gasteiger partial charge in [0.05, 0.1) is 16.1 Å². The van der Waals surface area contributed by atoms with Crippen molar-refractivity contribution in [2.45, 2.75) is 30.2 Å². The highest BCUT2D eigenvalue weighted by Crippen LogP contribution is 2.27. The summed E-state index contributed by atoms with van der Waals surface area (Å²) < 4.78 is 0. The van der Waals surface area contributed by atoms with Gasteiger partial charge in [0.1, 0.15) is 0 Å². The summed E-state index contributed by atoms with van der Waals surface area (Å²) in [6.07, 6.45) is -0.483. The maximum absolute atomic E-state index is 10.5. The molecule has 3 N–H and O–H groups in total. The van der Waals surface area contributed by atoms with Crippen molar-refractivity contribution in [1.82, 2.24) is 4.98 Å². The second-order valence-electron chi connectivity index (χ2n) is 3.37. The van der Waals surface area contributed by atoms with Crippen molar-refractivity contribution in [1.29, 1.82) is 0 Å². The molecule has 0 aliphatic carbocycles. The molecule has 0 bridgehead atoms. The predicted octanol–water partition coefficient (Wildman–Crippen LogP) is 1.43. The van der Waals surface area contributed by atoms with Crippen LogP contribution in [0, 0.1) is 10.1 Å². The first-order valence-electron chi connectivity index (χ1n) is 4.67. The summed E-state index contributed by atoms with van der Waals surface area (Å²) in [6.45, 7) is 3.51. The molecule has 0 aromatic carbocycles. The molecule has 0 aliphatic rings. The van der Waals surface area contributed by atoms with Crippen LogP contribution < -0.4 is 5.73 Å². The van der Waals surface area contributed by atoms with E-state index in [1.165, 1.54) is 23.9 Å². The van der Waals surface area contributed by atoms with Crippen LogP contribution in [-0.4, -0.2) is 26.4 Å². The predicted molar refractivity (Wildman–Crippen MR) is 62.3 cm³/mol. The highest BCUT2D eigenvalue weighted by molar-refractivity contribution is 7.99. The van der Waals surface area contributed by atoms with Gasteiger partial charge in [-0.2, -0.15) is 0 Å². The van der Waals surface area contributed by atoms with Gasteiger partial charge >= 0.3 is 5.69 Å². The number of aliphatic hydroxyl groups is 1. The fourth-order valence-electron chi connectivity index (χ4n) is 0.958. The number of nitro groups is 1. The molecule has 0 saturated carbocycles. The number of nitrogen functional groups attached to an aromatic ring is 1. The molecule has 0 spiro atoms. The number of thioether (sulfide) groups is 1. The Kier molecular flexibility index (Phi) is 4.08. The maximum Gasteiger partial charge on any atom is 0.311 e. The van der Waals surface area contributed by atoms with Crippen LogP contribution in [0.25, 0.3) is 0 Å². The summed E-state index contributed by atoms with van der Waals surface area (Å²) in [6, 6.07) is 2.84. The number of pyridine rings is 1. The molecule has 1 aromatic heterocycles. The molecule has 2 unspecified atom stereocenters. The largest absolute Gasteiger partial charge is 0.392 e. The summed E-state index contributed by atoms with van der Waals surface area (Å²) in [5.74, 6) is -0.104. The average Bonchev–Trinajstić information content (AvgIpc) is 2.16. The first kappa shape index (κ1) is 12.7. The molecule has 1 aromatic rings. The summed E-state index contributed by atoms with van der Waals surface area (Å²) in [7, 11) is 0. The van der Waals surface area contributed by atoms with Crippen LogP contribution in [0.15, 0.2) is 17.2 Å². The third-order valence-corrected chi connectivity index (χ3v) is 3.29. The van der Waals surface area contributed by atoms with E-state index in [4.69, 9.17) is 5.73 Å². The van der Waals surface area contributed by atoms with E-state index in [-0.39, 0.29) is 16.8 Å². The molecule has 1 heterocycles. The Morgan fingerprint density at radius 2 is 2.19 bits per heavy atom. The third-order valence-electron chi connectivity index (χ3n) is 2.06. The van der Waals surface area contributed by atoms with Crippen LogP contribution in [0.1, 0.15) is 13.8 Å². The van der Waals surface area contributed by atoms with Crippen molar-refractivity contribution in [3.05, 3.63) is 22.2 Å². The van der Waals surface area contributed by atoms with Crippen LogP contribution in [0.3, 0.4) is 0 Å². The van der Waals surface area contributed by atoms with Gasteiger partial charge in [0.25, 0.3) is 0 Å². The van der Waals surface area contributed by atoms with Crippen molar-refractivity contribution in [3.63, 3.8) is 0 Å². The summed E-state index contributed by atoms with van der Waals surface area (Å²) in [4.78, 5) is 13.8. The van der Waals surface area contributed by atoms with Gasteiger partial charge in [0.15, 0.2) is 0 Å². The van der Waals surface area contributed by atoms with Crippen LogP contribution >= 0.6 is 11.8 Å². The number of rotatable bonds is 4. The Hall–Kier alpha value is -1.34. The molecule has 0 fully saturated rings. The van der Waals surface area contributed by atoms with Crippen molar-refractivity contribution in [3.8, 4) is 0 Å². The second kappa shape index (κ2) is 5.13. The van der Waals surface area contributed by atoms with Crippen LogP contribution in [-0.2, 0) is 0 Å². The Morgan fingerprint density at radius 3 is 2.62 bits per heavy atom. The molecule has 7 heteroatoms. The zero-order chi connectivity index (χ0) is 12.3. The van der Waals surface area contributed by atoms with E-state index in [1.54, 1.807) is 6.92 Å². The van der Waals surface area contributed by atoms with E-state index in [0.29, 0.717) is 5.03 Å². The lowest BCUT2D eigenvalue weighted by molar-refractivity contribution is -0.384. The first-order valence-corrected chi connectivity index (χ1v) is 5.55. The van der Waals surface area contributed by atoms with Gasteiger partial charge in [-0.15, -0.1) is 11.8 Å². The maximum atomic E-state index is 10.5. The van der Waals surface area contributed by atoms with Gasteiger partial charge in [-0.25, -0.2) is 4.98 Å². The lowest BCUT2D eigenvalue weighted by atomic mass is 10.3. The smallest absolute Gasteiger partial charge is 0.311 e. The van der Waals surface area contributed by atoms with E-state index in [0.717, 1.165) is 0 Å². The normalized spacial score (nSPS) is 14.4. The minimum absolute atomic E-state index is 0.0478. The molecule has 88 valence electrons. The summed E-state index contributed by atoms with van der Waals surface area (Å²) in [5, 5.41) is 20.3. The SMILES string of the molecule is CC(O)C(C)Sc1ccc([N+](=O)[O-])c(N)n1. The van der Waals surface area contributed by atoms with Crippen molar-refractivity contribution in [2.24, 2.45) is 0 Å². The zero-order valence-electron chi connectivity index (χ0n) is 8.95. The van der Waals surface area contributed by atoms with Crippen LogP contribution in [0.4, 0.5) is 11.5 Å². The number of aliphatic hydroxyl groups excluding tert-OH is 1. The zero-order valence-corrected chi connectivity index (χ0v) is 9.77. The molecule has 0 radical (unpaired) electrons. The highest BCUT2D eigenvalue weighted by atomic mass is 32.2. The van der Waals surface area contributed by atoms with Crippen molar-refractivity contribution < 1.29 is 10.0 Å². The number of nitrogens with two attached hydrogens (primary N) is 1. The number of hydrogen-bond donors (Lipinski definition) is 2. The van der Waals surface area contributed by atoms with Gasteiger partial charge in [-0.1, -0.05) is 6.92 Å². The molecule has 16 heavy (non-hydrogen) atoms. The van der Waals surface area contributed by atoms with Crippen molar-refractivity contribution >= 4 is 23.3 Å².